The van der Waals surface area contributed by atoms with Crippen LogP contribution < -0.4 is 13.2 Å². The highest BCUT2D eigenvalue weighted by atomic mass is 32.3. The van der Waals surface area contributed by atoms with Crippen molar-refractivity contribution >= 4 is 25.7 Å². The number of hydrogen-bond acceptors (Lipinski definition) is 10. The van der Waals surface area contributed by atoms with E-state index in [4.69, 9.17) is 14.7 Å². The Kier molecular flexibility index (Phi) is 6.76. The number of aromatic nitrogens is 3. The van der Waals surface area contributed by atoms with Crippen molar-refractivity contribution in [2.45, 2.75) is 13.8 Å². The lowest BCUT2D eigenvalue weighted by Crippen LogP contribution is -2.35. The highest BCUT2D eigenvalue weighted by molar-refractivity contribution is 8.09. The summed E-state index contributed by atoms with van der Waals surface area (Å²) >= 11 is 0. The number of rotatable bonds is 7. The third kappa shape index (κ3) is 5.24. The lowest BCUT2D eigenvalue weighted by Gasteiger charge is -2.23. The largest absolute Gasteiger partial charge is 0.481 e. The molecule has 11 nitrogen and oxygen atoms in total. The van der Waals surface area contributed by atoms with E-state index < -0.39 is 20.0 Å². The molecule has 0 aromatic carbocycles. The van der Waals surface area contributed by atoms with E-state index in [1.54, 1.807) is 19.9 Å². The first-order chi connectivity index (χ1) is 15.8. The molecule has 0 radical (unpaired) electrons. The number of aryl methyl sites for hydroxylation is 2. The highest BCUT2D eigenvalue weighted by Gasteiger charge is 2.32. The summed E-state index contributed by atoms with van der Waals surface area (Å²) < 4.78 is 61.1. The molecular formula is C21H21N5O6S2. The first-order valence-electron chi connectivity index (χ1n) is 9.62. The van der Waals surface area contributed by atoms with Crippen LogP contribution in [0, 0.1) is 25.2 Å². The van der Waals surface area contributed by atoms with Crippen molar-refractivity contribution in [2.75, 3.05) is 23.3 Å². The van der Waals surface area contributed by atoms with Crippen molar-refractivity contribution in [3.63, 3.8) is 0 Å². The standard InChI is InChI=1S/C21H21N5O6S2/c1-13-8-19(31-3)24-14(2)20(13)32-21-18(26(33(4,27)28)34(5,29)30)7-6-17(25-21)16-9-15(10-22)11-23-12-16/h6-9,11-12H,1-5H3. The van der Waals surface area contributed by atoms with E-state index in [0.717, 1.165) is 12.5 Å². The maximum Gasteiger partial charge on any atom is 0.246 e. The van der Waals surface area contributed by atoms with Crippen LogP contribution in [-0.4, -0.2) is 51.4 Å². The van der Waals surface area contributed by atoms with Crippen molar-refractivity contribution in [1.29, 1.82) is 5.26 Å². The Morgan fingerprint density at radius 2 is 1.68 bits per heavy atom. The molecule has 0 spiro atoms. The Morgan fingerprint density at radius 1 is 1.00 bits per heavy atom. The molecule has 0 atom stereocenters. The molecule has 0 aliphatic carbocycles. The summed E-state index contributed by atoms with van der Waals surface area (Å²) in [6.45, 7) is 3.38. The summed E-state index contributed by atoms with van der Waals surface area (Å²) in [5, 5.41) is 9.17. The smallest absolute Gasteiger partial charge is 0.246 e. The number of nitrogens with zero attached hydrogens (tertiary/aromatic N) is 5. The molecular weight excluding hydrogens is 482 g/mol. The maximum absolute atomic E-state index is 12.4. The predicted octanol–water partition coefficient (Wildman–Crippen LogP) is 2.55. The molecule has 34 heavy (non-hydrogen) atoms. The maximum atomic E-state index is 12.4. The molecule has 0 saturated carbocycles. The van der Waals surface area contributed by atoms with E-state index in [2.05, 4.69) is 15.0 Å². The number of methoxy groups -OCH3 is 1. The van der Waals surface area contributed by atoms with Gasteiger partial charge in [-0.2, -0.15) is 8.97 Å². The van der Waals surface area contributed by atoms with Gasteiger partial charge < -0.3 is 9.47 Å². The normalized spacial score (nSPS) is 11.5. The van der Waals surface area contributed by atoms with Gasteiger partial charge in [-0.15, -0.1) is 0 Å². The highest BCUT2D eigenvalue weighted by Crippen LogP contribution is 2.38. The molecule has 178 valence electrons. The number of hydrogen-bond donors (Lipinski definition) is 0. The van der Waals surface area contributed by atoms with Gasteiger partial charge in [-0.1, -0.05) is 0 Å². The summed E-state index contributed by atoms with van der Waals surface area (Å²) in [4.78, 5) is 12.6. The van der Waals surface area contributed by atoms with Crippen molar-refractivity contribution in [2.24, 2.45) is 0 Å². The van der Waals surface area contributed by atoms with Crippen LogP contribution in [0.25, 0.3) is 11.3 Å². The molecule has 3 rings (SSSR count). The molecule has 0 N–H and O–H groups in total. The minimum Gasteiger partial charge on any atom is -0.481 e. The summed E-state index contributed by atoms with van der Waals surface area (Å²) in [6, 6.07) is 7.80. The van der Waals surface area contributed by atoms with Crippen LogP contribution in [0.5, 0.6) is 17.5 Å². The number of anilines is 1. The zero-order chi connectivity index (χ0) is 25.3. The van der Waals surface area contributed by atoms with E-state index in [9.17, 15) is 16.8 Å². The second-order valence-electron chi connectivity index (χ2n) is 7.32. The van der Waals surface area contributed by atoms with Crippen LogP contribution in [0.2, 0.25) is 0 Å². The van der Waals surface area contributed by atoms with Gasteiger partial charge in [0.1, 0.15) is 11.8 Å². The predicted molar refractivity (Wildman–Crippen MR) is 125 cm³/mol. The Labute approximate surface area is 197 Å². The van der Waals surface area contributed by atoms with Crippen LogP contribution in [0.4, 0.5) is 5.69 Å². The van der Waals surface area contributed by atoms with Crippen molar-refractivity contribution in [3.05, 3.63) is 53.5 Å². The summed E-state index contributed by atoms with van der Waals surface area (Å²) in [6.07, 6.45) is 4.36. The first kappa shape index (κ1) is 24.9. The van der Waals surface area contributed by atoms with Gasteiger partial charge in [0.2, 0.25) is 31.8 Å². The van der Waals surface area contributed by atoms with E-state index in [0.29, 0.717) is 22.7 Å². The minimum absolute atomic E-state index is 0.248. The Balaban J connectivity index is 2.28. The molecule has 0 aliphatic heterocycles. The van der Waals surface area contributed by atoms with Gasteiger partial charge in [0.25, 0.3) is 0 Å². The average Bonchev–Trinajstić information content (AvgIpc) is 2.75. The SMILES string of the molecule is COc1cc(C)c(Oc2nc(-c3cncc(C#N)c3)ccc2N(S(C)(=O)=O)S(C)(=O)=O)c(C)n1. The lowest BCUT2D eigenvalue weighted by molar-refractivity contribution is 0.391. The number of pyridine rings is 3. The van der Waals surface area contributed by atoms with Gasteiger partial charge in [-0.3, -0.25) is 4.98 Å². The average molecular weight is 504 g/mol. The molecule has 3 heterocycles. The minimum atomic E-state index is -4.28. The van der Waals surface area contributed by atoms with Gasteiger partial charge in [0.05, 0.1) is 36.6 Å². The van der Waals surface area contributed by atoms with E-state index >= 15 is 0 Å². The molecule has 3 aromatic heterocycles. The van der Waals surface area contributed by atoms with Gasteiger partial charge >= 0.3 is 0 Å². The van der Waals surface area contributed by atoms with Gasteiger partial charge in [-0.25, -0.2) is 26.8 Å². The van der Waals surface area contributed by atoms with Gasteiger partial charge in [0, 0.05) is 24.0 Å². The van der Waals surface area contributed by atoms with Crippen LogP contribution >= 0.6 is 0 Å². The molecule has 0 unspecified atom stereocenters. The molecule has 0 fully saturated rings. The van der Waals surface area contributed by atoms with Crippen LogP contribution in [0.3, 0.4) is 0 Å². The van der Waals surface area contributed by atoms with Crippen LogP contribution in [-0.2, 0) is 20.0 Å². The monoisotopic (exact) mass is 503 g/mol. The fraction of sp³-hybridized carbons (Fsp3) is 0.238. The zero-order valence-corrected chi connectivity index (χ0v) is 20.6. The van der Waals surface area contributed by atoms with Crippen LogP contribution in [0.1, 0.15) is 16.8 Å². The van der Waals surface area contributed by atoms with Crippen molar-refractivity contribution in [3.8, 4) is 34.8 Å². The van der Waals surface area contributed by atoms with Crippen molar-refractivity contribution < 1.29 is 26.3 Å². The molecule has 13 heteroatoms. The van der Waals surface area contributed by atoms with Gasteiger partial charge in [-0.05, 0) is 37.6 Å². The molecule has 0 bridgehead atoms. The number of ether oxygens (including phenoxy) is 2. The Morgan fingerprint density at radius 3 is 2.24 bits per heavy atom. The molecule has 0 aliphatic rings. The third-order valence-corrected chi connectivity index (χ3v) is 7.74. The van der Waals surface area contributed by atoms with Gasteiger partial charge in [0.15, 0.2) is 5.75 Å². The summed E-state index contributed by atoms with van der Waals surface area (Å²) in [5.74, 6) is 0.295. The topological polar surface area (TPSA) is 152 Å². The lowest BCUT2D eigenvalue weighted by atomic mass is 10.1. The second kappa shape index (κ2) is 9.24. The van der Waals surface area contributed by atoms with Crippen molar-refractivity contribution in [1.82, 2.24) is 15.0 Å². The molecule has 0 amide bonds. The first-order valence-corrected chi connectivity index (χ1v) is 13.3. The Hall–Kier alpha value is -3.76. The number of sulfonamides is 2. The summed E-state index contributed by atoms with van der Waals surface area (Å²) in [5.41, 5.74) is 1.71. The van der Waals surface area contributed by atoms with Crippen LogP contribution in [0.15, 0.2) is 36.7 Å². The quantitative estimate of drug-likeness (QED) is 0.470. The molecule has 0 saturated heterocycles. The van der Waals surface area contributed by atoms with E-state index in [-0.39, 0.29) is 32.3 Å². The van der Waals surface area contributed by atoms with E-state index in [1.165, 1.54) is 37.7 Å². The Bertz CT molecular complexity index is 1460. The zero-order valence-electron chi connectivity index (χ0n) is 19.0. The second-order valence-corrected chi connectivity index (χ2v) is 11.2. The fourth-order valence-electron chi connectivity index (χ4n) is 3.19. The fourth-order valence-corrected chi connectivity index (χ4v) is 6.15. The summed E-state index contributed by atoms with van der Waals surface area (Å²) in [7, 11) is -7.09. The number of nitriles is 1. The van der Waals surface area contributed by atoms with E-state index in [1.807, 2.05) is 6.07 Å². The molecule has 3 aromatic rings. The third-order valence-electron chi connectivity index (χ3n) is 4.51.